The Morgan fingerprint density at radius 2 is 2.42 bits per heavy atom. The quantitative estimate of drug-likeness (QED) is 0.669. The fourth-order valence-corrected chi connectivity index (χ4v) is 2.11. The van der Waals surface area contributed by atoms with Crippen LogP contribution in [0.5, 0.6) is 0 Å². The number of carbonyl (C=O) groups excluding carboxylic acids is 1. The topological polar surface area (TPSA) is 115 Å². The fraction of sp³-hybridized carbons (Fsp3) is 0.500. The number of nitrogens with zero attached hydrogens (tertiary/aromatic N) is 2. The number of nitrogen functional groups attached to an aromatic ring is 1. The molecule has 7 nitrogen and oxygen atoms in total. The van der Waals surface area contributed by atoms with Crippen molar-refractivity contribution < 1.29 is 14.6 Å². The van der Waals surface area contributed by atoms with Crippen LogP contribution in [0.2, 0.25) is 0 Å². The summed E-state index contributed by atoms with van der Waals surface area (Å²) in [6.45, 7) is 2.78. The summed E-state index contributed by atoms with van der Waals surface area (Å²) in [7, 11) is 0. The van der Waals surface area contributed by atoms with Gasteiger partial charge in [-0.1, -0.05) is 0 Å². The molecule has 7 heteroatoms. The number of aliphatic hydroxyl groups is 1. The lowest BCUT2D eigenvalue weighted by Gasteiger charge is -2.38. The number of amides is 1. The largest absolute Gasteiger partial charge is 0.397 e. The number of aromatic nitrogens is 1. The van der Waals surface area contributed by atoms with Gasteiger partial charge in [0.05, 0.1) is 42.8 Å². The Bertz CT molecular complexity index is 480. The van der Waals surface area contributed by atoms with Crippen LogP contribution in [-0.4, -0.2) is 47.9 Å². The third-order valence-corrected chi connectivity index (χ3v) is 3.13. The maximum atomic E-state index is 11.5. The van der Waals surface area contributed by atoms with Crippen LogP contribution < -0.4 is 16.4 Å². The van der Waals surface area contributed by atoms with Crippen LogP contribution >= 0.6 is 0 Å². The number of morpholine rings is 1. The van der Waals surface area contributed by atoms with Crippen LogP contribution in [0.3, 0.4) is 0 Å². The number of anilines is 2. The van der Waals surface area contributed by atoms with Crippen LogP contribution in [-0.2, 0) is 4.74 Å². The van der Waals surface area contributed by atoms with E-state index in [9.17, 15) is 9.90 Å². The van der Waals surface area contributed by atoms with Gasteiger partial charge in [0.25, 0.3) is 5.91 Å². The Hall–Kier alpha value is -1.86. The molecule has 0 spiro atoms. The lowest BCUT2D eigenvalue weighted by molar-refractivity contribution is -0.0106. The van der Waals surface area contributed by atoms with Gasteiger partial charge in [0.15, 0.2) is 0 Å². The molecule has 1 aliphatic heterocycles. The van der Waals surface area contributed by atoms with Gasteiger partial charge in [-0.3, -0.25) is 4.79 Å². The van der Waals surface area contributed by atoms with Gasteiger partial charge in [0, 0.05) is 6.54 Å². The van der Waals surface area contributed by atoms with Crippen LogP contribution in [0.4, 0.5) is 11.5 Å². The van der Waals surface area contributed by atoms with E-state index < -0.39 is 5.91 Å². The van der Waals surface area contributed by atoms with E-state index in [2.05, 4.69) is 4.98 Å². The third kappa shape index (κ3) is 2.77. The van der Waals surface area contributed by atoms with Crippen molar-refractivity contribution >= 4 is 17.4 Å². The molecular formula is C12H18N4O3. The molecule has 2 rings (SSSR count). The summed E-state index contributed by atoms with van der Waals surface area (Å²) in [5.41, 5.74) is 11.7. The van der Waals surface area contributed by atoms with Gasteiger partial charge in [0.1, 0.15) is 5.82 Å². The average molecular weight is 266 g/mol. The highest BCUT2D eigenvalue weighted by atomic mass is 16.5. The van der Waals surface area contributed by atoms with Crippen LogP contribution in [0.15, 0.2) is 12.3 Å². The number of carbonyl (C=O) groups is 1. The zero-order chi connectivity index (χ0) is 14.0. The number of primary amides is 1. The van der Waals surface area contributed by atoms with E-state index in [0.29, 0.717) is 24.7 Å². The monoisotopic (exact) mass is 266 g/mol. The summed E-state index contributed by atoms with van der Waals surface area (Å²) >= 11 is 0. The Morgan fingerprint density at radius 1 is 1.68 bits per heavy atom. The summed E-state index contributed by atoms with van der Waals surface area (Å²) in [4.78, 5) is 17.6. The Labute approximate surface area is 111 Å². The second-order valence-electron chi connectivity index (χ2n) is 4.64. The minimum absolute atomic E-state index is 0.0389. The zero-order valence-corrected chi connectivity index (χ0v) is 10.7. The summed E-state index contributed by atoms with van der Waals surface area (Å²) in [6, 6.07) is 1.55. The number of pyridine rings is 1. The number of aliphatic hydroxyl groups excluding tert-OH is 1. The maximum absolute atomic E-state index is 11.5. The summed E-state index contributed by atoms with van der Waals surface area (Å²) in [5.74, 6) is -0.0926. The van der Waals surface area contributed by atoms with Crippen LogP contribution in [0.1, 0.15) is 17.3 Å². The molecule has 0 radical (unpaired) electrons. The molecule has 0 aromatic carbocycles. The van der Waals surface area contributed by atoms with E-state index in [-0.39, 0.29) is 24.3 Å². The van der Waals surface area contributed by atoms with Crippen molar-refractivity contribution in [2.75, 3.05) is 30.4 Å². The highest BCUT2D eigenvalue weighted by molar-refractivity contribution is 5.98. The number of hydrogen-bond donors (Lipinski definition) is 3. The van der Waals surface area contributed by atoms with Crippen molar-refractivity contribution in [1.82, 2.24) is 4.98 Å². The van der Waals surface area contributed by atoms with Crippen molar-refractivity contribution in [3.05, 3.63) is 17.8 Å². The summed E-state index contributed by atoms with van der Waals surface area (Å²) in [6.07, 6.45) is 1.19. The predicted molar refractivity (Wildman–Crippen MR) is 70.8 cm³/mol. The second kappa shape index (κ2) is 5.41. The molecule has 1 saturated heterocycles. The zero-order valence-electron chi connectivity index (χ0n) is 10.7. The minimum atomic E-state index is -0.575. The molecule has 19 heavy (non-hydrogen) atoms. The first-order chi connectivity index (χ1) is 9.02. The van der Waals surface area contributed by atoms with Gasteiger partial charge in [-0.15, -0.1) is 0 Å². The molecule has 2 unspecified atom stereocenters. The smallest absolute Gasteiger partial charge is 0.252 e. The lowest BCUT2D eigenvalue weighted by Crippen LogP contribution is -2.50. The average Bonchev–Trinajstić information content (AvgIpc) is 2.39. The van der Waals surface area contributed by atoms with E-state index in [1.54, 1.807) is 0 Å². The highest BCUT2D eigenvalue weighted by Crippen LogP contribution is 2.24. The normalized spacial score (nSPS) is 23.4. The SMILES string of the molecule is CC1COC(CO)CN1c1ncc(N)cc1C(N)=O. The standard InChI is InChI=1S/C12H18N4O3/c1-7-6-19-9(5-17)4-16(7)12-10(11(14)18)2-8(13)3-15-12/h2-3,7,9,17H,4-6,13H2,1H3,(H2,14,18). The lowest BCUT2D eigenvalue weighted by atomic mass is 10.1. The summed E-state index contributed by atoms with van der Waals surface area (Å²) < 4.78 is 5.45. The van der Waals surface area contributed by atoms with Gasteiger partial charge in [-0.05, 0) is 13.0 Å². The molecule has 1 fully saturated rings. The minimum Gasteiger partial charge on any atom is -0.397 e. The van der Waals surface area contributed by atoms with Crippen LogP contribution in [0, 0.1) is 0 Å². The predicted octanol–water partition coefficient (Wildman–Crippen LogP) is -0.651. The Morgan fingerprint density at radius 3 is 3.05 bits per heavy atom. The maximum Gasteiger partial charge on any atom is 0.252 e. The molecule has 1 amide bonds. The van der Waals surface area contributed by atoms with Crippen molar-refractivity contribution in [2.45, 2.75) is 19.1 Å². The molecule has 104 valence electrons. The van der Waals surface area contributed by atoms with E-state index >= 15 is 0 Å². The van der Waals surface area contributed by atoms with E-state index in [4.69, 9.17) is 16.2 Å². The number of hydrogen-bond acceptors (Lipinski definition) is 6. The van der Waals surface area contributed by atoms with Crippen molar-refractivity contribution in [2.24, 2.45) is 5.73 Å². The number of ether oxygens (including phenoxy) is 1. The number of nitrogens with two attached hydrogens (primary N) is 2. The van der Waals surface area contributed by atoms with E-state index in [1.807, 2.05) is 11.8 Å². The first kappa shape index (κ1) is 13.6. The van der Waals surface area contributed by atoms with Gasteiger partial charge in [-0.2, -0.15) is 0 Å². The van der Waals surface area contributed by atoms with Gasteiger partial charge < -0.3 is 26.2 Å². The first-order valence-corrected chi connectivity index (χ1v) is 6.07. The first-order valence-electron chi connectivity index (χ1n) is 6.07. The second-order valence-corrected chi connectivity index (χ2v) is 4.64. The van der Waals surface area contributed by atoms with Gasteiger partial charge in [0.2, 0.25) is 0 Å². The molecule has 1 aliphatic rings. The third-order valence-electron chi connectivity index (χ3n) is 3.13. The molecular weight excluding hydrogens is 248 g/mol. The Kier molecular flexibility index (Phi) is 3.87. The van der Waals surface area contributed by atoms with Crippen LogP contribution in [0.25, 0.3) is 0 Å². The van der Waals surface area contributed by atoms with Crippen molar-refractivity contribution in [1.29, 1.82) is 0 Å². The highest BCUT2D eigenvalue weighted by Gasteiger charge is 2.29. The number of rotatable bonds is 3. The fourth-order valence-electron chi connectivity index (χ4n) is 2.11. The molecule has 0 bridgehead atoms. The van der Waals surface area contributed by atoms with Gasteiger partial charge >= 0.3 is 0 Å². The van der Waals surface area contributed by atoms with Crippen molar-refractivity contribution in [3.63, 3.8) is 0 Å². The summed E-state index contributed by atoms with van der Waals surface area (Å²) in [5, 5.41) is 9.18. The van der Waals surface area contributed by atoms with E-state index in [1.165, 1.54) is 12.3 Å². The molecule has 1 aromatic rings. The Balaban J connectivity index is 2.36. The van der Waals surface area contributed by atoms with Crippen molar-refractivity contribution in [3.8, 4) is 0 Å². The van der Waals surface area contributed by atoms with E-state index in [0.717, 1.165) is 0 Å². The molecule has 1 aromatic heterocycles. The van der Waals surface area contributed by atoms with Gasteiger partial charge in [-0.25, -0.2) is 4.98 Å². The molecule has 2 heterocycles. The molecule has 2 atom stereocenters. The molecule has 0 aliphatic carbocycles. The molecule has 5 N–H and O–H groups in total. The molecule has 0 saturated carbocycles.